The van der Waals surface area contributed by atoms with Crippen LogP contribution in [0.1, 0.15) is 43.2 Å². The largest absolute Gasteiger partial charge is 0.494 e. The van der Waals surface area contributed by atoms with E-state index in [9.17, 15) is 18.4 Å². The number of carboxylic acid groups (broad SMARTS) is 1. The zero-order valence-corrected chi connectivity index (χ0v) is 15.6. The monoisotopic (exact) mass is 391 g/mol. The van der Waals surface area contributed by atoms with Crippen molar-refractivity contribution < 1.29 is 28.2 Å². The molecular formula is C21H23F2NO4. The molecule has 0 bridgehead atoms. The Morgan fingerprint density at radius 3 is 2.50 bits per heavy atom. The Bertz CT molecular complexity index is 809. The minimum Gasteiger partial charge on any atom is -0.494 e. The van der Waals surface area contributed by atoms with Crippen LogP contribution in [0.5, 0.6) is 5.75 Å². The van der Waals surface area contributed by atoms with E-state index in [-0.39, 0.29) is 24.7 Å². The molecule has 7 heteroatoms. The Morgan fingerprint density at radius 1 is 1.14 bits per heavy atom. The van der Waals surface area contributed by atoms with Crippen LogP contribution in [-0.4, -0.2) is 23.6 Å². The number of rotatable bonds is 10. The lowest BCUT2D eigenvalue weighted by Gasteiger charge is -2.13. The van der Waals surface area contributed by atoms with Gasteiger partial charge in [0.15, 0.2) is 0 Å². The maximum atomic E-state index is 13.8. The molecule has 2 N–H and O–H groups in total. The Morgan fingerprint density at radius 2 is 1.86 bits per heavy atom. The van der Waals surface area contributed by atoms with Crippen molar-refractivity contribution in [2.24, 2.45) is 0 Å². The lowest BCUT2D eigenvalue weighted by molar-refractivity contribution is -0.137. The molecule has 150 valence electrons. The molecule has 0 aromatic heterocycles. The molecule has 2 aromatic carbocycles. The van der Waals surface area contributed by atoms with Crippen molar-refractivity contribution in [2.75, 3.05) is 6.61 Å². The molecule has 2 rings (SSSR count). The van der Waals surface area contributed by atoms with E-state index in [4.69, 9.17) is 9.84 Å². The van der Waals surface area contributed by atoms with Crippen LogP contribution in [0.4, 0.5) is 8.78 Å². The van der Waals surface area contributed by atoms with Crippen LogP contribution in [-0.2, 0) is 16.1 Å². The molecule has 0 fully saturated rings. The van der Waals surface area contributed by atoms with E-state index < -0.39 is 17.6 Å². The summed E-state index contributed by atoms with van der Waals surface area (Å²) in [5.41, 5.74) is 1.17. The molecule has 1 atom stereocenters. The Hall–Kier alpha value is -2.96. The number of hydrogen-bond acceptors (Lipinski definition) is 3. The van der Waals surface area contributed by atoms with Crippen LogP contribution in [0.25, 0.3) is 0 Å². The quantitative estimate of drug-likeness (QED) is 0.600. The highest BCUT2D eigenvalue weighted by Crippen LogP contribution is 2.22. The predicted octanol–water partition coefficient (Wildman–Crippen LogP) is 4.02. The summed E-state index contributed by atoms with van der Waals surface area (Å²) in [6, 6.07) is 10.5. The number of nitrogens with one attached hydrogen (secondary N) is 1. The minimum absolute atomic E-state index is 0.0599. The van der Waals surface area contributed by atoms with E-state index in [1.54, 1.807) is 31.2 Å². The molecule has 0 heterocycles. The molecule has 28 heavy (non-hydrogen) atoms. The van der Waals surface area contributed by atoms with Crippen molar-refractivity contribution in [3.05, 3.63) is 65.2 Å². The fourth-order valence-electron chi connectivity index (χ4n) is 2.68. The predicted molar refractivity (Wildman–Crippen MR) is 100 cm³/mol. The maximum absolute atomic E-state index is 13.8. The van der Waals surface area contributed by atoms with Crippen molar-refractivity contribution in [3.8, 4) is 5.75 Å². The van der Waals surface area contributed by atoms with Gasteiger partial charge in [0, 0.05) is 25.5 Å². The summed E-state index contributed by atoms with van der Waals surface area (Å²) in [4.78, 5) is 22.5. The highest BCUT2D eigenvalue weighted by molar-refractivity contribution is 5.76. The van der Waals surface area contributed by atoms with Crippen molar-refractivity contribution >= 4 is 11.9 Å². The number of ether oxygens (including phenoxy) is 1. The van der Waals surface area contributed by atoms with E-state index in [1.807, 2.05) is 0 Å². The van der Waals surface area contributed by atoms with Crippen molar-refractivity contribution in [1.82, 2.24) is 5.32 Å². The molecule has 0 aliphatic rings. The first-order valence-electron chi connectivity index (χ1n) is 9.00. The highest BCUT2D eigenvalue weighted by atomic mass is 19.1. The molecule has 0 aliphatic heterocycles. The number of carbonyl (C=O) groups is 2. The summed E-state index contributed by atoms with van der Waals surface area (Å²) >= 11 is 0. The number of hydrogen-bond donors (Lipinski definition) is 2. The SMILES string of the molecule is CC(CC(=O)NCc1ccc(OCCCC(=O)O)cc1)c1ccc(F)cc1F. The topological polar surface area (TPSA) is 75.6 Å². The first-order chi connectivity index (χ1) is 13.3. The van der Waals surface area contributed by atoms with Gasteiger partial charge in [0.2, 0.25) is 5.91 Å². The molecule has 1 amide bonds. The van der Waals surface area contributed by atoms with Gasteiger partial charge in [0.05, 0.1) is 6.61 Å². The first kappa shape index (κ1) is 21.3. The maximum Gasteiger partial charge on any atom is 0.303 e. The van der Waals surface area contributed by atoms with Gasteiger partial charge in [0.1, 0.15) is 17.4 Å². The van der Waals surface area contributed by atoms with Gasteiger partial charge in [-0.05, 0) is 41.7 Å². The molecule has 0 aliphatic carbocycles. The Labute approximate surface area is 162 Å². The van der Waals surface area contributed by atoms with E-state index in [2.05, 4.69) is 5.32 Å². The van der Waals surface area contributed by atoms with Crippen LogP contribution in [0.2, 0.25) is 0 Å². The molecule has 1 unspecified atom stereocenters. The standard InChI is InChI=1S/C21H23F2NO4/c1-14(18-9-6-16(22)12-19(18)23)11-20(25)24-13-15-4-7-17(8-5-15)28-10-2-3-21(26)27/h4-9,12,14H,2-3,10-11,13H2,1H3,(H,24,25)(H,26,27). The van der Waals surface area contributed by atoms with Gasteiger partial charge < -0.3 is 15.2 Å². The van der Waals surface area contributed by atoms with Gasteiger partial charge in [0.25, 0.3) is 0 Å². The second kappa shape index (κ2) is 10.4. The minimum atomic E-state index is -0.855. The van der Waals surface area contributed by atoms with Gasteiger partial charge >= 0.3 is 5.97 Å². The fourth-order valence-corrected chi connectivity index (χ4v) is 2.68. The smallest absolute Gasteiger partial charge is 0.303 e. The lowest BCUT2D eigenvalue weighted by atomic mass is 9.97. The molecule has 0 radical (unpaired) electrons. The third-order valence-electron chi connectivity index (χ3n) is 4.20. The van der Waals surface area contributed by atoms with Gasteiger partial charge in [-0.25, -0.2) is 8.78 Å². The Kier molecular flexibility index (Phi) is 7.92. The second-order valence-corrected chi connectivity index (χ2v) is 6.54. The van der Waals surface area contributed by atoms with Gasteiger partial charge in [-0.15, -0.1) is 0 Å². The third kappa shape index (κ3) is 6.98. The van der Waals surface area contributed by atoms with E-state index in [1.165, 1.54) is 12.1 Å². The highest BCUT2D eigenvalue weighted by Gasteiger charge is 2.15. The Balaban J connectivity index is 1.76. The first-order valence-corrected chi connectivity index (χ1v) is 9.00. The number of carbonyl (C=O) groups excluding carboxylic acids is 1. The van der Waals surface area contributed by atoms with Crippen molar-refractivity contribution in [2.45, 2.75) is 38.6 Å². The van der Waals surface area contributed by atoms with E-state index in [0.29, 0.717) is 30.9 Å². The summed E-state index contributed by atoms with van der Waals surface area (Å²) in [6.45, 7) is 2.35. The summed E-state index contributed by atoms with van der Waals surface area (Å²) in [6.07, 6.45) is 0.581. The summed E-state index contributed by atoms with van der Waals surface area (Å²) in [5.74, 6) is -2.13. The zero-order valence-electron chi connectivity index (χ0n) is 15.6. The van der Waals surface area contributed by atoms with Crippen LogP contribution in [0.3, 0.4) is 0 Å². The summed E-state index contributed by atoms with van der Waals surface area (Å²) < 4.78 is 32.2. The third-order valence-corrected chi connectivity index (χ3v) is 4.20. The lowest BCUT2D eigenvalue weighted by Crippen LogP contribution is -2.24. The molecule has 2 aromatic rings. The molecular weight excluding hydrogens is 368 g/mol. The molecule has 0 spiro atoms. The fraction of sp³-hybridized carbons (Fsp3) is 0.333. The summed E-state index contributed by atoms with van der Waals surface area (Å²) in [5, 5.41) is 11.3. The number of amides is 1. The number of aliphatic carboxylic acids is 1. The number of benzene rings is 2. The van der Waals surface area contributed by atoms with Crippen molar-refractivity contribution in [1.29, 1.82) is 0 Å². The normalized spacial score (nSPS) is 11.7. The zero-order chi connectivity index (χ0) is 20.5. The average Bonchev–Trinajstić information content (AvgIpc) is 2.64. The number of halogens is 2. The average molecular weight is 391 g/mol. The van der Waals surface area contributed by atoms with Crippen molar-refractivity contribution in [3.63, 3.8) is 0 Å². The van der Waals surface area contributed by atoms with E-state index in [0.717, 1.165) is 11.6 Å². The molecule has 0 saturated heterocycles. The van der Waals surface area contributed by atoms with Crippen LogP contribution in [0, 0.1) is 11.6 Å². The number of carboxylic acids is 1. The van der Waals surface area contributed by atoms with Crippen LogP contribution < -0.4 is 10.1 Å². The summed E-state index contributed by atoms with van der Waals surface area (Å²) in [7, 11) is 0. The van der Waals surface area contributed by atoms with Crippen LogP contribution >= 0.6 is 0 Å². The van der Waals surface area contributed by atoms with Gasteiger partial charge in [-0.2, -0.15) is 0 Å². The van der Waals surface area contributed by atoms with Gasteiger partial charge in [-0.1, -0.05) is 25.1 Å². The second-order valence-electron chi connectivity index (χ2n) is 6.54. The van der Waals surface area contributed by atoms with Crippen LogP contribution in [0.15, 0.2) is 42.5 Å². The van der Waals surface area contributed by atoms with Gasteiger partial charge in [-0.3, -0.25) is 9.59 Å². The molecule has 0 saturated carbocycles. The molecule has 5 nitrogen and oxygen atoms in total. The van der Waals surface area contributed by atoms with E-state index >= 15 is 0 Å².